The first-order chi connectivity index (χ1) is 10.2. The third-order valence-corrected chi connectivity index (χ3v) is 4.88. The Labute approximate surface area is 122 Å². The van der Waals surface area contributed by atoms with E-state index in [9.17, 15) is 9.90 Å². The smallest absolute Gasteiger partial charge is 0.326 e. The fourth-order valence-corrected chi connectivity index (χ4v) is 3.93. The molecule has 1 aromatic carbocycles. The molecule has 1 saturated carbocycles. The Hall–Kier alpha value is -2.17. The molecule has 21 heavy (non-hydrogen) atoms. The molecule has 1 aromatic heterocycles. The van der Waals surface area contributed by atoms with Crippen LogP contribution in [-0.4, -0.2) is 33.6 Å². The Morgan fingerprint density at radius 2 is 2.14 bits per heavy atom. The molecule has 5 heteroatoms. The molecule has 2 aliphatic rings. The van der Waals surface area contributed by atoms with Crippen LogP contribution < -0.4 is 4.90 Å². The summed E-state index contributed by atoms with van der Waals surface area (Å²) in [5.74, 6) is 0.524. The Balaban J connectivity index is 1.74. The van der Waals surface area contributed by atoms with Gasteiger partial charge in [-0.05, 0) is 30.7 Å². The zero-order valence-corrected chi connectivity index (χ0v) is 11.6. The van der Waals surface area contributed by atoms with Crippen molar-refractivity contribution < 1.29 is 9.90 Å². The van der Waals surface area contributed by atoms with Crippen LogP contribution in [0.3, 0.4) is 0 Å². The minimum Gasteiger partial charge on any atom is -0.480 e. The van der Waals surface area contributed by atoms with E-state index in [1.807, 2.05) is 29.2 Å². The standard InChI is InChI=1S/C16H17N3O2/c20-15(21)14-12-6-3-5-11(12)9-19(14)16-17-8-10-4-1-2-7-13(10)18-16/h1-2,4,7-8,11-12,14H,3,5-6,9H2,(H,20,21). The fourth-order valence-electron chi connectivity index (χ4n) is 3.93. The lowest BCUT2D eigenvalue weighted by atomic mass is 9.94. The summed E-state index contributed by atoms with van der Waals surface area (Å²) in [5, 5.41) is 10.6. The molecule has 1 saturated heterocycles. The Kier molecular flexibility index (Phi) is 2.80. The highest BCUT2D eigenvalue weighted by Gasteiger charge is 2.48. The average Bonchev–Trinajstić information content (AvgIpc) is 3.06. The molecule has 1 aliphatic carbocycles. The zero-order valence-electron chi connectivity index (χ0n) is 11.6. The molecule has 0 spiro atoms. The van der Waals surface area contributed by atoms with Gasteiger partial charge in [-0.1, -0.05) is 24.6 Å². The molecule has 0 amide bonds. The number of carboxylic acid groups (broad SMARTS) is 1. The third-order valence-electron chi connectivity index (χ3n) is 4.88. The van der Waals surface area contributed by atoms with Gasteiger partial charge in [0.1, 0.15) is 6.04 Å². The molecule has 2 fully saturated rings. The predicted molar refractivity (Wildman–Crippen MR) is 79.1 cm³/mol. The van der Waals surface area contributed by atoms with E-state index in [-0.39, 0.29) is 5.92 Å². The number of aliphatic carboxylic acids is 1. The van der Waals surface area contributed by atoms with Gasteiger partial charge < -0.3 is 10.0 Å². The molecule has 1 aliphatic heterocycles. The molecule has 2 aromatic rings. The predicted octanol–water partition coefficient (Wildman–Crippen LogP) is 2.32. The first-order valence-corrected chi connectivity index (χ1v) is 7.45. The summed E-state index contributed by atoms with van der Waals surface area (Å²) >= 11 is 0. The van der Waals surface area contributed by atoms with E-state index < -0.39 is 12.0 Å². The molecule has 1 N–H and O–H groups in total. The summed E-state index contributed by atoms with van der Waals surface area (Å²) in [6.45, 7) is 0.764. The maximum absolute atomic E-state index is 11.7. The monoisotopic (exact) mass is 283 g/mol. The molecule has 0 bridgehead atoms. The fraction of sp³-hybridized carbons (Fsp3) is 0.438. The van der Waals surface area contributed by atoms with Crippen molar-refractivity contribution in [2.24, 2.45) is 11.8 Å². The van der Waals surface area contributed by atoms with Gasteiger partial charge in [-0.2, -0.15) is 0 Å². The number of fused-ring (bicyclic) bond motifs is 2. The Morgan fingerprint density at radius 3 is 3.00 bits per heavy atom. The molecule has 4 rings (SSSR count). The quantitative estimate of drug-likeness (QED) is 0.916. The minimum atomic E-state index is -0.749. The van der Waals surface area contributed by atoms with Gasteiger partial charge in [0.05, 0.1) is 5.52 Å². The van der Waals surface area contributed by atoms with Crippen molar-refractivity contribution >= 4 is 22.8 Å². The number of carboxylic acids is 1. The van der Waals surface area contributed by atoms with Crippen LogP contribution in [-0.2, 0) is 4.79 Å². The minimum absolute atomic E-state index is 0.248. The molecular formula is C16H17N3O2. The van der Waals surface area contributed by atoms with Crippen LogP contribution >= 0.6 is 0 Å². The molecule has 3 atom stereocenters. The summed E-state index contributed by atoms with van der Waals surface area (Å²) in [4.78, 5) is 22.6. The topological polar surface area (TPSA) is 66.3 Å². The molecular weight excluding hydrogens is 266 g/mol. The number of anilines is 1. The van der Waals surface area contributed by atoms with Crippen molar-refractivity contribution in [3.63, 3.8) is 0 Å². The van der Waals surface area contributed by atoms with Crippen molar-refractivity contribution in [3.05, 3.63) is 30.5 Å². The number of benzene rings is 1. The van der Waals surface area contributed by atoms with E-state index in [0.717, 1.165) is 36.7 Å². The second-order valence-corrected chi connectivity index (χ2v) is 6.02. The van der Waals surface area contributed by atoms with Gasteiger partial charge in [-0.25, -0.2) is 14.8 Å². The van der Waals surface area contributed by atoms with Crippen molar-refractivity contribution in [2.75, 3.05) is 11.4 Å². The van der Waals surface area contributed by atoms with Crippen LogP contribution in [0.25, 0.3) is 10.9 Å². The lowest BCUT2D eigenvalue weighted by Crippen LogP contribution is -2.40. The van der Waals surface area contributed by atoms with Gasteiger partial charge in [0, 0.05) is 18.1 Å². The molecule has 108 valence electrons. The highest BCUT2D eigenvalue weighted by atomic mass is 16.4. The van der Waals surface area contributed by atoms with Crippen LogP contribution in [0.5, 0.6) is 0 Å². The largest absolute Gasteiger partial charge is 0.480 e. The van der Waals surface area contributed by atoms with E-state index in [1.54, 1.807) is 6.20 Å². The van der Waals surface area contributed by atoms with E-state index in [1.165, 1.54) is 0 Å². The van der Waals surface area contributed by atoms with Crippen LogP contribution in [0.4, 0.5) is 5.95 Å². The molecule has 3 unspecified atom stereocenters. The molecule has 0 radical (unpaired) electrons. The van der Waals surface area contributed by atoms with Gasteiger partial charge in [0.15, 0.2) is 0 Å². The molecule has 2 heterocycles. The summed E-state index contributed by atoms with van der Waals surface area (Å²) in [6, 6.07) is 7.32. The van der Waals surface area contributed by atoms with Gasteiger partial charge in [-0.3, -0.25) is 0 Å². The third kappa shape index (κ3) is 1.95. The maximum atomic E-state index is 11.7. The second-order valence-electron chi connectivity index (χ2n) is 6.02. The summed E-state index contributed by atoms with van der Waals surface area (Å²) in [5.41, 5.74) is 0.865. The second kappa shape index (κ2) is 4.69. The van der Waals surface area contributed by atoms with Gasteiger partial charge in [-0.15, -0.1) is 0 Å². The van der Waals surface area contributed by atoms with Crippen LogP contribution in [0.2, 0.25) is 0 Å². The van der Waals surface area contributed by atoms with E-state index in [0.29, 0.717) is 11.9 Å². The first-order valence-electron chi connectivity index (χ1n) is 7.45. The first kappa shape index (κ1) is 12.6. The molecule has 5 nitrogen and oxygen atoms in total. The van der Waals surface area contributed by atoms with E-state index in [2.05, 4.69) is 9.97 Å². The lowest BCUT2D eigenvalue weighted by molar-refractivity contribution is -0.139. The van der Waals surface area contributed by atoms with Crippen molar-refractivity contribution in [2.45, 2.75) is 25.3 Å². The normalized spacial score (nSPS) is 28.0. The number of para-hydroxylation sites is 1. The summed E-state index contributed by atoms with van der Waals surface area (Å²) in [7, 11) is 0. The van der Waals surface area contributed by atoms with Crippen LogP contribution in [0.15, 0.2) is 30.5 Å². The summed E-state index contributed by atoms with van der Waals surface area (Å²) < 4.78 is 0. The van der Waals surface area contributed by atoms with Crippen molar-refractivity contribution in [1.29, 1.82) is 0 Å². The number of aromatic nitrogens is 2. The van der Waals surface area contributed by atoms with E-state index in [4.69, 9.17) is 0 Å². The Bertz CT molecular complexity index is 703. The van der Waals surface area contributed by atoms with Gasteiger partial charge >= 0.3 is 5.97 Å². The van der Waals surface area contributed by atoms with Crippen molar-refractivity contribution in [1.82, 2.24) is 9.97 Å². The SMILES string of the molecule is O=C(O)C1C2CCCC2CN1c1ncc2ccccc2n1. The lowest BCUT2D eigenvalue weighted by Gasteiger charge is -2.24. The number of rotatable bonds is 2. The average molecular weight is 283 g/mol. The summed E-state index contributed by atoms with van der Waals surface area (Å²) in [6.07, 6.45) is 5.06. The maximum Gasteiger partial charge on any atom is 0.326 e. The highest BCUT2D eigenvalue weighted by Crippen LogP contribution is 2.43. The highest BCUT2D eigenvalue weighted by molar-refractivity contribution is 5.81. The van der Waals surface area contributed by atoms with Crippen LogP contribution in [0.1, 0.15) is 19.3 Å². The Morgan fingerprint density at radius 1 is 1.29 bits per heavy atom. The van der Waals surface area contributed by atoms with E-state index >= 15 is 0 Å². The van der Waals surface area contributed by atoms with Crippen LogP contribution in [0, 0.1) is 11.8 Å². The zero-order chi connectivity index (χ0) is 14.4. The van der Waals surface area contributed by atoms with Gasteiger partial charge in [0.2, 0.25) is 5.95 Å². The van der Waals surface area contributed by atoms with Gasteiger partial charge in [0.25, 0.3) is 0 Å². The number of nitrogens with zero attached hydrogens (tertiary/aromatic N) is 3. The number of carbonyl (C=O) groups is 1. The number of hydrogen-bond acceptors (Lipinski definition) is 4. The van der Waals surface area contributed by atoms with Crippen molar-refractivity contribution in [3.8, 4) is 0 Å². The number of hydrogen-bond donors (Lipinski definition) is 1.